The Balaban J connectivity index is 2.07. The minimum absolute atomic E-state index is 0.496. The van der Waals surface area contributed by atoms with Crippen molar-refractivity contribution in [2.75, 3.05) is 0 Å². The molecule has 4 heteroatoms. The average Bonchev–Trinajstić information content (AvgIpc) is 2.66. The van der Waals surface area contributed by atoms with Gasteiger partial charge in [0.25, 0.3) is 0 Å². The van der Waals surface area contributed by atoms with Crippen molar-refractivity contribution in [1.29, 1.82) is 0 Å². The summed E-state index contributed by atoms with van der Waals surface area (Å²) in [4.78, 5) is 4.33. The van der Waals surface area contributed by atoms with E-state index in [1.165, 1.54) is 0 Å². The fourth-order valence-electron chi connectivity index (χ4n) is 2.01. The van der Waals surface area contributed by atoms with Crippen LogP contribution in [0.5, 0.6) is 0 Å². The lowest BCUT2D eigenvalue weighted by molar-refractivity contribution is 0.826. The zero-order chi connectivity index (χ0) is 12.5. The third-order valence-electron chi connectivity index (χ3n) is 2.84. The second-order valence-electron chi connectivity index (χ2n) is 4.09. The van der Waals surface area contributed by atoms with Gasteiger partial charge >= 0.3 is 0 Å². The van der Waals surface area contributed by atoms with Crippen molar-refractivity contribution in [2.45, 2.75) is 6.54 Å². The molecule has 3 aromatic rings. The number of nitrogens with zero attached hydrogens (tertiary/aromatic N) is 2. The second kappa shape index (κ2) is 4.63. The van der Waals surface area contributed by atoms with E-state index in [1.54, 1.807) is 0 Å². The topological polar surface area (TPSA) is 17.8 Å². The monoisotopic (exact) mass is 276 g/mol. The zero-order valence-electron chi connectivity index (χ0n) is 9.48. The van der Waals surface area contributed by atoms with Crippen LogP contribution in [0, 0.1) is 0 Å². The summed E-state index contributed by atoms with van der Waals surface area (Å²) in [5.74, 6) is 0. The van der Waals surface area contributed by atoms with Crippen LogP contribution in [0.4, 0.5) is 0 Å². The molecule has 0 bridgehead atoms. The van der Waals surface area contributed by atoms with Gasteiger partial charge in [-0.2, -0.15) is 0 Å². The van der Waals surface area contributed by atoms with Crippen LogP contribution in [-0.4, -0.2) is 9.55 Å². The molecule has 0 aliphatic rings. The van der Waals surface area contributed by atoms with Gasteiger partial charge in [-0.25, -0.2) is 4.98 Å². The van der Waals surface area contributed by atoms with Gasteiger partial charge in [0.05, 0.1) is 17.6 Å². The molecular weight excluding hydrogens is 267 g/mol. The molecule has 0 saturated heterocycles. The first kappa shape index (κ1) is 11.6. The number of aromatic nitrogens is 2. The molecule has 0 amide bonds. The Bertz CT molecular complexity index is 704. The van der Waals surface area contributed by atoms with Crippen molar-refractivity contribution in [3.05, 3.63) is 64.4 Å². The van der Waals surface area contributed by atoms with Gasteiger partial charge < -0.3 is 4.57 Å². The maximum Gasteiger partial charge on any atom is 0.204 e. The molecule has 0 spiro atoms. The van der Waals surface area contributed by atoms with E-state index >= 15 is 0 Å². The van der Waals surface area contributed by atoms with E-state index in [4.69, 9.17) is 23.2 Å². The standard InChI is InChI=1S/C14H10Cl2N2/c15-11-5-3-4-10(8-11)9-18-13-7-2-1-6-12(13)17-14(18)16/h1-8H,9H2. The van der Waals surface area contributed by atoms with E-state index in [0.717, 1.165) is 21.6 Å². The van der Waals surface area contributed by atoms with Crippen molar-refractivity contribution >= 4 is 34.2 Å². The summed E-state index contributed by atoms with van der Waals surface area (Å²) in [5.41, 5.74) is 3.04. The van der Waals surface area contributed by atoms with Crippen LogP contribution in [0.1, 0.15) is 5.56 Å². The van der Waals surface area contributed by atoms with Gasteiger partial charge in [-0.1, -0.05) is 35.9 Å². The van der Waals surface area contributed by atoms with Gasteiger partial charge in [0.15, 0.2) is 0 Å². The Morgan fingerprint density at radius 2 is 1.83 bits per heavy atom. The fraction of sp³-hybridized carbons (Fsp3) is 0.0714. The number of hydrogen-bond acceptors (Lipinski definition) is 1. The van der Waals surface area contributed by atoms with Gasteiger partial charge in [-0.3, -0.25) is 0 Å². The Morgan fingerprint density at radius 1 is 1.00 bits per heavy atom. The largest absolute Gasteiger partial charge is 0.310 e. The molecule has 0 radical (unpaired) electrons. The minimum Gasteiger partial charge on any atom is -0.310 e. The van der Waals surface area contributed by atoms with Crippen LogP contribution >= 0.6 is 23.2 Å². The lowest BCUT2D eigenvalue weighted by Crippen LogP contribution is -1.99. The minimum atomic E-state index is 0.496. The van der Waals surface area contributed by atoms with Crippen LogP contribution in [0.15, 0.2) is 48.5 Å². The highest BCUT2D eigenvalue weighted by Gasteiger charge is 2.08. The molecule has 0 unspecified atom stereocenters. The summed E-state index contributed by atoms with van der Waals surface area (Å²) in [5, 5.41) is 1.23. The average molecular weight is 277 g/mol. The van der Waals surface area contributed by atoms with Crippen LogP contribution in [0.25, 0.3) is 11.0 Å². The van der Waals surface area contributed by atoms with E-state index in [1.807, 2.05) is 53.1 Å². The first-order valence-electron chi connectivity index (χ1n) is 5.59. The quantitative estimate of drug-likeness (QED) is 0.679. The lowest BCUT2D eigenvalue weighted by Gasteiger charge is -2.06. The zero-order valence-corrected chi connectivity index (χ0v) is 11.0. The summed E-state index contributed by atoms with van der Waals surface area (Å²) >= 11 is 12.2. The third-order valence-corrected chi connectivity index (χ3v) is 3.36. The summed E-state index contributed by atoms with van der Waals surface area (Å²) in [6.07, 6.45) is 0. The third kappa shape index (κ3) is 2.09. The van der Waals surface area contributed by atoms with E-state index in [-0.39, 0.29) is 0 Å². The van der Waals surface area contributed by atoms with Gasteiger partial charge in [0, 0.05) is 5.02 Å². The molecule has 1 aromatic heterocycles. The van der Waals surface area contributed by atoms with Crippen molar-refractivity contribution in [3.63, 3.8) is 0 Å². The van der Waals surface area contributed by atoms with E-state index in [2.05, 4.69) is 4.98 Å². The van der Waals surface area contributed by atoms with Gasteiger partial charge in [0.2, 0.25) is 5.28 Å². The highest BCUT2D eigenvalue weighted by atomic mass is 35.5. The van der Waals surface area contributed by atoms with Crippen LogP contribution in [-0.2, 0) is 6.54 Å². The number of para-hydroxylation sites is 2. The normalized spacial score (nSPS) is 11.0. The number of fused-ring (bicyclic) bond motifs is 1. The van der Waals surface area contributed by atoms with Crippen molar-refractivity contribution in [2.24, 2.45) is 0 Å². The smallest absolute Gasteiger partial charge is 0.204 e. The number of benzene rings is 2. The molecule has 0 N–H and O–H groups in total. The van der Waals surface area contributed by atoms with Crippen molar-refractivity contribution in [3.8, 4) is 0 Å². The van der Waals surface area contributed by atoms with E-state index < -0.39 is 0 Å². The number of rotatable bonds is 2. The summed E-state index contributed by atoms with van der Waals surface area (Å²) in [7, 11) is 0. The first-order valence-corrected chi connectivity index (χ1v) is 6.35. The number of hydrogen-bond donors (Lipinski definition) is 0. The Morgan fingerprint density at radius 3 is 2.67 bits per heavy atom. The predicted octanol–water partition coefficient (Wildman–Crippen LogP) is 4.39. The molecule has 0 aliphatic carbocycles. The SMILES string of the molecule is Clc1cccc(Cn2c(Cl)nc3ccccc32)c1. The Labute approximate surface area is 115 Å². The van der Waals surface area contributed by atoms with Gasteiger partial charge in [-0.15, -0.1) is 0 Å². The van der Waals surface area contributed by atoms with Crippen LogP contribution in [0.2, 0.25) is 10.3 Å². The molecule has 0 atom stereocenters. The molecule has 0 saturated carbocycles. The summed E-state index contributed by atoms with van der Waals surface area (Å²) in [6, 6.07) is 15.7. The Hall–Kier alpha value is -1.51. The Kier molecular flexibility index (Phi) is 2.98. The molecular formula is C14H10Cl2N2. The number of imidazole rings is 1. The molecule has 3 rings (SSSR count). The second-order valence-corrected chi connectivity index (χ2v) is 4.86. The lowest BCUT2D eigenvalue weighted by atomic mass is 10.2. The molecule has 2 aromatic carbocycles. The molecule has 18 heavy (non-hydrogen) atoms. The van der Waals surface area contributed by atoms with Crippen molar-refractivity contribution in [1.82, 2.24) is 9.55 Å². The fourth-order valence-corrected chi connectivity index (χ4v) is 2.47. The maximum atomic E-state index is 6.18. The van der Waals surface area contributed by atoms with E-state index in [0.29, 0.717) is 11.8 Å². The maximum absolute atomic E-state index is 6.18. The highest BCUT2D eigenvalue weighted by molar-refractivity contribution is 6.30. The molecule has 1 heterocycles. The van der Waals surface area contributed by atoms with Gasteiger partial charge in [0.1, 0.15) is 0 Å². The van der Waals surface area contributed by atoms with E-state index in [9.17, 15) is 0 Å². The molecule has 0 aliphatic heterocycles. The predicted molar refractivity (Wildman–Crippen MR) is 75.3 cm³/mol. The van der Waals surface area contributed by atoms with Crippen LogP contribution < -0.4 is 0 Å². The summed E-state index contributed by atoms with van der Waals surface area (Å²) < 4.78 is 1.97. The van der Waals surface area contributed by atoms with Crippen molar-refractivity contribution < 1.29 is 0 Å². The molecule has 0 fully saturated rings. The summed E-state index contributed by atoms with van der Waals surface area (Å²) in [6.45, 7) is 0.667. The van der Waals surface area contributed by atoms with Crippen LogP contribution in [0.3, 0.4) is 0 Å². The van der Waals surface area contributed by atoms with Gasteiger partial charge in [-0.05, 0) is 41.4 Å². The number of halogens is 2. The first-order chi connectivity index (χ1) is 8.74. The highest BCUT2D eigenvalue weighted by Crippen LogP contribution is 2.21. The molecule has 90 valence electrons. The molecule has 2 nitrogen and oxygen atoms in total.